The molecule has 0 radical (unpaired) electrons. The lowest BCUT2D eigenvalue weighted by atomic mass is 10.2. The molecule has 0 bridgehead atoms. The van der Waals surface area contributed by atoms with Gasteiger partial charge < -0.3 is 0 Å². The van der Waals surface area contributed by atoms with E-state index >= 15 is 0 Å². The number of fused-ring (bicyclic) bond motifs is 1. The van der Waals surface area contributed by atoms with Crippen molar-refractivity contribution >= 4 is 55.1 Å². The summed E-state index contributed by atoms with van der Waals surface area (Å²) >= 11 is 12.9. The average molecular weight is 257 g/mol. The fraction of sp³-hybridized carbons (Fsp3) is 0. The summed E-state index contributed by atoms with van der Waals surface area (Å²) in [5.41, 5.74) is 0.822. The zero-order valence-electron chi connectivity index (χ0n) is 7.50. The molecule has 1 N–H and O–H groups in total. The Labute approximate surface area is 101 Å². The van der Waals surface area contributed by atoms with Crippen molar-refractivity contribution in [2.75, 3.05) is 0 Å². The molecule has 0 unspecified atom stereocenters. The maximum Gasteiger partial charge on any atom is 0.216 e. The number of nitrogens with one attached hydrogen (secondary N) is 1. The summed E-state index contributed by atoms with van der Waals surface area (Å²) in [6.45, 7) is 0. The van der Waals surface area contributed by atoms with Crippen LogP contribution in [0.25, 0.3) is 10.1 Å². The van der Waals surface area contributed by atoms with Gasteiger partial charge >= 0.3 is 0 Å². The molecular formula is C10H6Cl2N2S. The van der Waals surface area contributed by atoms with Crippen molar-refractivity contribution in [1.82, 2.24) is 0 Å². The fourth-order valence-electron chi connectivity index (χ4n) is 1.28. The van der Waals surface area contributed by atoms with E-state index in [1.165, 1.54) is 0 Å². The van der Waals surface area contributed by atoms with Crippen molar-refractivity contribution < 1.29 is 0 Å². The molecule has 2 rings (SSSR count). The highest BCUT2D eigenvalue weighted by Gasteiger charge is 2.07. The molecule has 0 saturated carbocycles. The Balaban J connectivity index is 2.57. The first-order chi connectivity index (χ1) is 7.18. The first kappa shape index (κ1) is 10.6. The highest BCUT2D eigenvalue weighted by atomic mass is 35.5. The minimum atomic E-state index is -0.310. The van der Waals surface area contributed by atoms with E-state index in [1.807, 2.05) is 29.6 Å². The molecule has 0 atom stereocenters. The van der Waals surface area contributed by atoms with E-state index in [0.717, 1.165) is 15.6 Å². The Morgan fingerprint density at radius 3 is 2.73 bits per heavy atom. The first-order valence-corrected chi connectivity index (χ1v) is 5.77. The van der Waals surface area contributed by atoms with Crippen LogP contribution >= 0.6 is 34.5 Å². The summed E-state index contributed by atoms with van der Waals surface area (Å²) in [5.74, 6) is 0. The van der Waals surface area contributed by atoms with Crippen LogP contribution in [-0.4, -0.2) is 10.5 Å². The first-order valence-electron chi connectivity index (χ1n) is 4.13. The Kier molecular flexibility index (Phi) is 3.05. The van der Waals surface area contributed by atoms with E-state index in [9.17, 15) is 0 Å². The Morgan fingerprint density at radius 2 is 2.00 bits per heavy atom. The number of rotatable bonds is 1. The van der Waals surface area contributed by atoms with Crippen LogP contribution in [-0.2, 0) is 0 Å². The zero-order valence-corrected chi connectivity index (χ0v) is 9.83. The molecule has 0 saturated heterocycles. The Hall–Kier alpha value is -0.900. The highest BCUT2D eigenvalue weighted by Crippen LogP contribution is 2.27. The quantitative estimate of drug-likeness (QED) is 0.454. The van der Waals surface area contributed by atoms with E-state index in [1.54, 1.807) is 11.3 Å². The molecule has 1 aromatic heterocycles. The molecule has 0 fully saturated rings. The summed E-state index contributed by atoms with van der Waals surface area (Å²) in [7, 11) is 0. The third kappa shape index (κ3) is 2.20. The summed E-state index contributed by atoms with van der Waals surface area (Å²) in [5, 5.41) is 9.93. The zero-order chi connectivity index (χ0) is 10.8. The molecule has 5 heteroatoms. The van der Waals surface area contributed by atoms with Crippen LogP contribution in [0.4, 0.5) is 0 Å². The lowest BCUT2D eigenvalue weighted by molar-refractivity contribution is 1.50. The molecule has 2 nitrogen and oxygen atoms in total. The summed E-state index contributed by atoms with van der Waals surface area (Å²) in [6, 6.07) is 7.89. The Morgan fingerprint density at radius 1 is 1.27 bits per heavy atom. The van der Waals surface area contributed by atoms with Gasteiger partial charge in [0.2, 0.25) is 5.29 Å². The summed E-state index contributed by atoms with van der Waals surface area (Å²) < 4.78 is 1.14. The number of amidine groups is 1. The second-order valence-electron chi connectivity index (χ2n) is 2.84. The van der Waals surface area contributed by atoms with Crippen molar-refractivity contribution in [2.45, 2.75) is 0 Å². The van der Waals surface area contributed by atoms with Crippen molar-refractivity contribution in [3.8, 4) is 0 Å². The topological polar surface area (TPSA) is 36.2 Å². The largest absolute Gasteiger partial charge is 0.272 e. The molecule has 15 heavy (non-hydrogen) atoms. The van der Waals surface area contributed by atoms with Crippen LogP contribution in [0.3, 0.4) is 0 Å². The average Bonchev–Trinajstić information content (AvgIpc) is 2.59. The highest BCUT2D eigenvalue weighted by molar-refractivity contribution is 7.17. The van der Waals surface area contributed by atoms with Crippen LogP contribution in [0.5, 0.6) is 0 Å². The minimum Gasteiger partial charge on any atom is -0.272 e. The van der Waals surface area contributed by atoms with Gasteiger partial charge in [0.25, 0.3) is 0 Å². The third-order valence-electron chi connectivity index (χ3n) is 1.90. The van der Waals surface area contributed by atoms with Gasteiger partial charge in [0, 0.05) is 21.0 Å². The molecule has 0 spiro atoms. The van der Waals surface area contributed by atoms with E-state index in [0.29, 0.717) is 0 Å². The van der Waals surface area contributed by atoms with Gasteiger partial charge in [-0.2, -0.15) is 0 Å². The van der Waals surface area contributed by atoms with E-state index in [-0.39, 0.29) is 10.5 Å². The maximum absolute atomic E-state index is 7.03. The number of thiophene rings is 1. The van der Waals surface area contributed by atoms with Gasteiger partial charge in [0.1, 0.15) is 5.17 Å². The van der Waals surface area contributed by atoms with Gasteiger partial charge in [-0.25, -0.2) is 4.99 Å². The molecule has 0 amide bonds. The lowest BCUT2D eigenvalue weighted by Crippen LogP contribution is -1.91. The van der Waals surface area contributed by atoms with Crippen molar-refractivity contribution in [2.24, 2.45) is 4.99 Å². The number of hydrogen-bond donors (Lipinski definition) is 1. The number of benzene rings is 1. The Bertz CT molecular complexity index is 545. The molecule has 0 aliphatic heterocycles. The van der Waals surface area contributed by atoms with E-state index in [2.05, 4.69) is 4.99 Å². The van der Waals surface area contributed by atoms with E-state index in [4.69, 9.17) is 28.6 Å². The van der Waals surface area contributed by atoms with Crippen molar-refractivity contribution in [3.05, 3.63) is 35.2 Å². The number of aliphatic imine (C=N–C) groups is 1. The molecular weight excluding hydrogens is 251 g/mol. The maximum atomic E-state index is 7.03. The number of halogens is 2. The van der Waals surface area contributed by atoms with Crippen LogP contribution in [0, 0.1) is 5.41 Å². The molecule has 0 aliphatic rings. The number of hydrogen-bond acceptors (Lipinski definition) is 2. The SMILES string of the molecule is N=C(Cl)N=C(Cl)c1csc2ccccc12. The van der Waals surface area contributed by atoms with Gasteiger partial charge in [0.05, 0.1) is 0 Å². The summed E-state index contributed by atoms with van der Waals surface area (Å²) in [4.78, 5) is 3.71. The summed E-state index contributed by atoms with van der Waals surface area (Å²) in [6.07, 6.45) is 0. The molecule has 76 valence electrons. The van der Waals surface area contributed by atoms with Crippen molar-refractivity contribution in [1.29, 1.82) is 5.41 Å². The second kappa shape index (κ2) is 4.31. The van der Waals surface area contributed by atoms with Gasteiger partial charge in [-0.3, -0.25) is 5.41 Å². The lowest BCUT2D eigenvalue weighted by Gasteiger charge is -1.94. The normalized spacial score (nSPS) is 12.0. The van der Waals surface area contributed by atoms with Gasteiger partial charge in [-0.05, 0) is 17.7 Å². The van der Waals surface area contributed by atoms with Crippen LogP contribution in [0.2, 0.25) is 0 Å². The molecule has 1 aromatic carbocycles. The van der Waals surface area contributed by atoms with Crippen molar-refractivity contribution in [3.63, 3.8) is 0 Å². The monoisotopic (exact) mass is 256 g/mol. The van der Waals surface area contributed by atoms with Crippen LogP contribution < -0.4 is 0 Å². The van der Waals surface area contributed by atoms with Crippen LogP contribution in [0.15, 0.2) is 34.6 Å². The van der Waals surface area contributed by atoms with Gasteiger partial charge in [-0.15, -0.1) is 11.3 Å². The third-order valence-corrected chi connectivity index (χ3v) is 3.24. The molecule has 2 aromatic rings. The smallest absolute Gasteiger partial charge is 0.216 e. The predicted octanol–water partition coefficient (Wildman–Crippen LogP) is 4.06. The standard InChI is InChI=1S/C10H6Cl2N2S/c11-9(14-10(12)13)7-5-15-8-4-2-1-3-6(7)8/h1-5,13H. The van der Waals surface area contributed by atoms with Gasteiger partial charge in [-0.1, -0.05) is 29.8 Å². The predicted molar refractivity (Wildman–Crippen MR) is 67.8 cm³/mol. The molecule has 0 aliphatic carbocycles. The second-order valence-corrected chi connectivity index (χ2v) is 4.47. The fourth-order valence-corrected chi connectivity index (χ4v) is 2.66. The van der Waals surface area contributed by atoms with Crippen LogP contribution in [0.1, 0.15) is 5.56 Å². The molecule has 1 heterocycles. The van der Waals surface area contributed by atoms with E-state index < -0.39 is 0 Å². The van der Waals surface area contributed by atoms with Gasteiger partial charge in [0.15, 0.2) is 0 Å². The minimum absolute atomic E-state index is 0.257. The number of nitrogens with zero attached hydrogens (tertiary/aromatic N) is 1.